The number of hydrogen-bond acceptors (Lipinski definition) is 4. The van der Waals surface area contributed by atoms with Crippen LogP contribution >= 0.6 is 0 Å². The first-order chi connectivity index (χ1) is 10.4. The van der Waals surface area contributed by atoms with Crippen LogP contribution in [0.3, 0.4) is 0 Å². The molecule has 0 radical (unpaired) electrons. The Morgan fingerprint density at radius 1 is 1.36 bits per heavy atom. The van der Waals surface area contributed by atoms with Gasteiger partial charge in [-0.05, 0) is 44.9 Å². The van der Waals surface area contributed by atoms with Gasteiger partial charge < -0.3 is 19.5 Å². The molecule has 0 bridgehead atoms. The number of aliphatic carboxylic acids is 1. The third kappa shape index (κ3) is 2.73. The fourth-order valence-corrected chi connectivity index (χ4v) is 2.74. The maximum Gasteiger partial charge on any atom is 0.329 e. The van der Waals surface area contributed by atoms with Gasteiger partial charge in [0.2, 0.25) is 0 Å². The van der Waals surface area contributed by atoms with E-state index in [9.17, 15) is 14.7 Å². The van der Waals surface area contributed by atoms with Crippen LogP contribution in [0.2, 0.25) is 0 Å². The molecular formula is C16H21NO5. The van der Waals surface area contributed by atoms with Crippen molar-refractivity contribution in [2.24, 2.45) is 0 Å². The molecule has 1 N–H and O–H groups in total. The Hall–Kier alpha value is -2.24. The van der Waals surface area contributed by atoms with Gasteiger partial charge in [0.25, 0.3) is 5.91 Å². The van der Waals surface area contributed by atoms with Gasteiger partial charge in [-0.3, -0.25) is 4.79 Å². The highest BCUT2D eigenvalue weighted by Gasteiger charge is 2.46. The molecule has 2 rings (SSSR count). The standard InChI is InChI=1S/C16H21NO5/c1-4-22-12-7-6-11(10-13(12)21-3)14(18)17-9-5-8-16(17,2)15(19)20/h6-7,10H,4-5,8-9H2,1-3H3,(H,19,20). The molecule has 1 aromatic carbocycles. The van der Waals surface area contributed by atoms with Crippen molar-refractivity contribution in [2.75, 3.05) is 20.3 Å². The van der Waals surface area contributed by atoms with E-state index < -0.39 is 11.5 Å². The van der Waals surface area contributed by atoms with Gasteiger partial charge in [-0.25, -0.2) is 4.79 Å². The molecule has 1 aliphatic heterocycles. The van der Waals surface area contributed by atoms with E-state index in [1.165, 1.54) is 12.0 Å². The van der Waals surface area contributed by atoms with Crippen LogP contribution in [-0.4, -0.2) is 47.7 Å². The molecule has 0 saturated carbocycles. The van der Waals surface area contributed by atoms with Gasteiger partial charge in [0.15, 0.2) is 11.5 Å². The number of carbonyl (C=O) groups is 2. The fraction of sp³-hybridized carbons (Fsp3) is 0.500. The van der Waals surface area contributed by atoms with Crippen LogP contribution in [0.4, 0.5) is 0 Å². The van der Waals surface area contributed by atoms with Gasteiger partial charge in [0, 0.05) is 12.1 Å². The molecule has 1 unspecified atom stereocenters. The molecule has 1 heterocycles. The number of likely N-dealkylation sites (tertiary alicyclic amines) is 1. The molecule has 1 atom stereocenters. The summed E-state index contributed by atoms with van der Waals surface area (Å²) in [6, 6.07) is 4.90. The molecule has 120 valence electrons. The summed E-state index contributed by atoms with van der Waals surface area (Å²) in [6.07, 6.45) is 1.14. The number of carbonyl (C=O) groups excluding carboxylic acids is 1. The van der Waals surface area contributed by atoms with E-state index in [-0.39, 0.29) is 5.91 Å². The summed E-state index contributed by atoms with van der Waals surface area (Å²) in [5.41, 5.74) is -0.752. The molecule has 22 heavy (non-hydrogen) atoms. The predicted octanol–water partition coefficient (Wildman–Crippen LogP) is 2.17. The Kier molecular flexibility index (Phi) is 4.59. The van der Waals surface area contributed by atoms with Crippen LogP contribution in [0.5, 0.6) is 11.5 Å². The van der Waals surface area contributed by atoms with Crippen molar-refractivity contribution >= 4 is 11.9 Å². The number of carboxylic acid groups (broad SMARTS) is 1. The second-order valence-electron chi connectivity index (χ2n) is 5.44. The summed E-state index contributed by atoms with van der Waals surface area (Å²) in [5.74, 6) is -0.257. The zero-order chi connectivity index (χ0) is 16.3. The van der Waals surface area contributed by atoms with E-state index in [4.69, 9.17) is 9.47 Å². The first-order valence-electron chi connectivity index (χ1n) is 7.30. The van der Waals surface area contributed by atoms with Crippen molar-refractivity contribution in [3.05, 3.63) is 23.8 Å². The van der Waals surface area contributed by atoms with Crippen LogP contribution in [0.15, 0.2) is 18.2 Å². The number of benzene rings is 1. The zero-order valence-electron chi connectivity index (χ0n) is 13.1. The number of methoxy groups -OCH3 is 1. The SMILES string of the molecule is CCOc1ccc(C(=O)N2CCCC2(C)C(=O)O)cc1OC. The maximum atomic E-state index is 12.7. The Morgan fingerprint density at radius 2 is 2.09 bits per heavy atom. The number of hydrogen-bond donors (Lipinski definition) is 1. The van der Waals surface area contributed by atoms with Gasteiger partial charge in [0.05, 0.1) is 13.7 Å². The molecule has 1 amide bonds. The quantitative estimate of drug-likeness (QED) is 0.902. The Morgan fingerprint density at radius 3 is 2.68 bits per heavy atom. The van der Waals surface area contributed by atoms with Gasteiger partial charge >= 0.3 is 5.97 Å². The number of amides is 1. The second-order valence-corrected chi connectivity index (χ2v) is 5.44. The lowest BCUT2D eigenvalue weighted by Gasteiger charge is -2.31. The van der Waals surface area contributed by atoms with Crippen molar-refractivity contribution in [1.82, 2.24) is 4.90 Å². The molecule has 1 aliphatic rings. The van der Waals surface area contributed by atoms with E-state index >= 15 is 0 Å². The summed E-state index contributed by atoms with van der Waals surface area (Å²) in [5, 5.41) is 9.41. The largest absolute Gasteiger partial charge is 0.493 e. The van der Waals surface area contributed by atoms with Crippen molar-refractivity contribution in [1.29, 1.82) is 0 Å². The lowest BCUT2D eigenvalue weighted by molar-refractivity contribution is -0.147. The molecule has 1 saturated heterocycles. The molecule has 6 nitrogen and oxygen atoms in total. The molecule has 0 aliphatic carbocycles. The number of rotatable bonds is 5. The minimum atomic E-state index is -1.15. The summed E-state index contributed by atoms with van der Waals surface area (Å²) in [6.45, 7) is 4.39. The van der Waals surface area contributed by atoms with Crippen LogP contribution in [-0.2, 0) is 4.79 Å². The fourth-order valence-electron chi connectivity index (χ4n) is 2.74. The van der Waals surface area contributed by atoms with Crippen molar-refractivity contribution in [3.63, 3.8) is 0 Å². The maximum absolute atomic E-state index is 12.7. The molecular weight excluding hydrogens is 286 g/mol. The van der Waals surface area contributed by atoms with Crippen molar-refractivity contribution < 1.29 is 24.2 Å². The summed E-state index contributed by atoms with van der Waals surface area (Å²) in [7, 11) is 1.50. The van der Waals surface area contributed by atoms with E-state index in [0.29, 0.717) is 43.1 Å². The van der Waals surface area contributed by atoms with Crippen LogP contribution < -0.4 is 9.47 Å². The summed E-state index contributed by atoms with van der Waals surface area (Å²) < 4.78 is 10.7. The normalized spacial score (nSPS) is 20.8. The van der Waals surface area contributed by atoms with Gasteiger partial charge in [-0.2, -0.15) is 0 Å². The average molecular weight is 307 g/mol. The van der Waals surface area contributed by atoms with E-state index in [0.717, 1.165) is 0 Å². The molecule has 1 aromatic rings. The lowest BCUT2D eigenvalue weighted by atomic mass is 9.98. The smallest absolute Gasteiger partial charge is 0.329 e. The molecule has 0 aromatic heterocycles. The number of ether oxygens (including phenoxy) is 2. The van der Waals surface area contributed by atoms with Gasteiger partial charge in [0.1, 0.15) is 5.54 Å². The molecule has 0 spiro atoms. The summed E-state index contributed by atoms with van der Waals surface area (Å²) >= 11 is 0. The highest BCUT2D eigenvalue weighted by atomic mass is 16.5. The number of nitrogens with zero attached hydrogens (tertiary/aromatic N) is 1. The molecule has 1 fully saturated rings. The highest BCUT2D eigenvalue weighted by molar-refractivity contribution is 5.98. The third-order valence-electron chi connectivity index (χ3n) is 4.06. The van der Waals surface area contributed by atoms with Crippen molar-refractivity contribution in [2.45, 2.75) is 32.2 Å². The monoisotopic (exact) mass is 307 g/mol. The lowest BCUT2D eigenvalue weighted by Crippen LogP contribution is -2.50. The molecule has 6 heteroatoms. The predicted molar refractivity (Wildman–Crippen MR) is 80.5 cm³/mol. The number of carboxylic acids is 1. The third-order valence-corrected chi connectivity index (χ3v) is 4.06. The first-order valence-corrected chi connectivity index (χ1v) is 7.30. The van der Waals surface area contributed by atoms with Gasteiger partial charge in [-0.15, -0.1) is 0 Å². The second kappa shape index (κ2) is 6.25. The van der Waals surface area contributed by atoms with E-state index in [2.05, 4.69) is 0 Å². The first kappa shape index (κ1) is 16.1. The van der Waals surface area contributed by atoms with Crippen molar-refractivity contribution in [3.8, 4) is 11.5 Å². The van der Waals surface area contributed by atoms with Crippen LogP contribution in [0, 0.1) is 0 Å². The van der Waals surface area contributed by atoms with E-state index in [1.807, 2.05) is 6.92 Å². The Labute approximate surface area is 129 Å². The topological polar surface area (TPSA) is 76.1 Å². The Balaban J connectivity index is 2.31. The van der Waals surface area contributed by atoms with Crippen LogP contribution in [0.25, 0.3) is 0 Å². The minimum absolute atomic E-state index is 0.302. The minimum Gasteiger partial charge on any atom is -0.493 e. The van der Waals surface area contributed by atoms with Gasteiger partial charge in [-0.1, -0.05) is 0 Å². The summed E-state index contributed by atoms with van der Waals surface area (Å²) in [4.78, 5) is 25.6. The van der Waals surface area contributed by atoms with Crippen LogP contribution in [0.1, 0.15) is 37.0 Å². The Bertz CT molecular complexity index is 586. The average Bonchev–Trinajstić information content (AvgIpc) is 2.90. The zero-order valence-corrected chi connectivity index (χ0v) is 13.1. The highest BCUT2D eigenvalue weighted by Crippen LogP contribution is 2.33. The van der Waals surface area contributed by atoms with E-state index in [1.54, 1.807) is 25.1 Å².